The van der Waals surface area contributed by atoms with E-state index in [1.165, 1.54) is 21.9 Å². The van der Waals surface area contributed by atoms with Crippen molar-refractivity contribution in [2.45, 2.75) is 19.3 Å². The van der Waals surface area contributed by atoms with Gasteiger partial charge in [0.15, 0.2) is 0 Å². The molecule has 0 heterocycles. The minimum atomic E-state index is 0.698. The van der Waals surface area contributed by atoms with Gasteiger partial charge >= 0.3 is 0 Å². The van der Waals surface area contributed by atoms with Crippen molar-refractivity contribution in [3.05, 3.63) is 47.5 Å². The highest BCUT2D eigenvalue weighted by atomic mass is 14.5. The van der Waals surface area contributed by atoms with Gasteiger partial charge in [-0.05, 0) is 54.3 Å². The molecule has 0 aliphatic heterocycles. The lowest BCUT2D eigenvalue weighted by atomic mass is 9.94. The van der Waals surface area contributed by atoms with Gasteiger partial charge in [0.05, 0.1) is 0 Å². The van der Waals surface area contributed by atoms with Crippen molar-refractivity contribution in [2.24, 2.45) is 11.5 Å². The second-order valence-corrected chi connectivity index (χ2v) is 4.36. The maximum atomic E-state index is 5.72. The van der Waals surface area contributed by atoms with Crippen molar-refractivity contribution in [3.8, 4) is 0 Å². The molecule has 2 aromatic carbocycles. The fourth-order valence-corrected chi connectivity index (χ4v) is 2.35. The monoisotopic (exact) mass is 228 g/mol. The average molecular weight is 228 g/mol. The molecule has 2 rings (SSSR count). The van der Waals surface area contributed by atoms with E-state index in [1.54, 1.807) is 0 Å². The topological polar surface area (TPSA) is 52.0 Å². The Morgan fingerprint density at radius 2 is 1.65 bits per heavy atom. The van der Waals surface area contributed by atoms with Gasteiger partial charge in [-0.1, -0.05) is 36.4 Å². The smallest absolute Gasteiger partial charge is 0.00364 e. The van der Waals surface area contributed by atoms with E-state index in [0.29, 0.717) is 6.54 Å². The normalized spacial score (nSPS) is 10.9. The molecule has 0 amide bonds. The zero-order valence-corrected chi connectivity index (χ0v) is 10.2. The summed E-state index contributed by atoms with van der Waals surface area (Å²) in [5.74, 6) is 0. The number of nitrogens with two attached hydrogens (primary N) is 2. The molecule has 0 saturated heterocycles. The van der Waals surface area contributed by atoms with E-state index in [9.17, 15) is 0 Å². The van der Waals surface area contributed by atoms with Crippen molar-refractivity contribution in [2.75, 3.05) is 13.1 Å². The van der Waals surface area contributed by atoms with Crippen LogP contribution in [0.25, 0.3) is 10.8 Å². The molecule has 0 saturated carbocycles. The van der Waals surface area contributed by atoms with E-state index >= 15 is 0 Å². The molecule has 2 aromatic rings. The van der Waals surface area contributed by atoms with E-state index in [1.807, 2.05) is 0 Å². The molecule has 0 aromatic heterocycles. The summed E-state index contributed by atoms with van der Waals surface area (Å²) in [6.45, 7) is 1.44. The van der Waals surface area contributed by atoms with Crippen LogP contribution in [-0.4, -0.2) is 13.1 Å². The van der Waals surface area contributed by atoms with Gasteiger partial charge in [0, 0.05) is 0 Å². The Bertz CT molecular complexity index is 491. The number of aryl methyl sites for hydroxylation is 1. The summed E-state index contributed by atoms with van der Waals surface area (Å²) in [5.41, 5.74) is 14.1. The minimum Gasteiger partial charge on any atom is -0.330 e. The number of rotatable bonds is 5. The van der Waals surface area contributed by atoms with E-state index in [0.717, 1.165) is 25.8 Å². The van der Waals surface area contributed by atoms with Crippen molar-refractivity contribution in [3.63, 3.8) is 0 Å². The van der Waals surface area contributed by atoms with Gasteiger partial charge in [0.25, 0.3) is 0 Å². The van der Waals surface area contributed by atoms with Gasteiger partial charge in [-0.15, -0.1) is 0 Å². The van der Waals surface area contributed by atoms with Gasteiger partial charge in [-0.2, -0.15) is 0 Å². The van der Waals surface area contributed by atoms with E-state index in [2.05, 4.69) is 36.4 Å². The maximum absolute atomic E-state index is 5.72. The fraction of sp³-hybridized carbons (Fsp3) is 0.333. The van der Waals surface area contributed by atoms with Crippen molar-refractivity contribution >= 4 is 10.8 Å². The highest BCUT2D eigenvalue weighted by molar-refractivity contribution is 5.86. The number of hydrogen-bond donors (Lipinski definition) is 2. The quantitative estimate of drug-likeness (QED) is 0.824. The van der Waals surface area contributed by atoms with E-state index in [-0.39, 0.29) is 0 Å². The molecule has 0 fully saturated rings. The second-order valence-electron chi connectivity index (χ2n) is 4.36. The van der Waals surface area contributed by atoms with Gasteiger partial charge < -0.3 is 11.5 Å². The molecule has 2 heteroatoms. The lowest BCUT2D eigenvalue weighted by molar-refractivity contribution is 0.819. The lowest BCUT2D eigenvalue weighted by Crippen LogP contribution is -2.07. The van der Waals surface area contributed by atoms with Crippen LogP contribution in [0.3, 0.4) is 0 Å². The van der Waals surface area contributed by atoms with Crippen LogP contribution in [0.4, 0.5) is 0 Å². The standard InChI is InChI=1S/C15H20N2/c16-10-3-5-13-8-7-12-4-1-2-6-14(12)15(13)9-11-17/h1-2,4,6-8H,3,5,9-11,16-17H2. The van der Waals surface area contributed by atoms with Crippen molar-refractivity contribution < 1.29 is 0 Å². The first-order valence-electron chi connectivity index (χ1n) is 6.26. The summed E-state index contributed by atoms with van der Waals surface area (Å²) >= 11 is 0. The first kappa shape index (κ1) is 12.1. The second kappa shape index (κ2) is 5.80. The third kappa shape index (κ3) is 2.65. The molecule has 0 aliphatic carbocycles. The molecule has 17 heavy (non-hydrogen) atoms. The number of fused-ring (bicyclic) bond motifs is 1. The largest absolute Gasteiger partial charge is 0.330 e. The van der Waals surface area contributed by atoms with Crippen LogP contribution >= 0.6 is 0 Å². The molecular weight excluding hydrogens is 208 g/mol. The van der Waals surface area contributed by atoms with Gasteiger partial charge in [-0.25, -0.2) is 0 Å². The zero-order valence-electron chi connectivity index (χ0n) is 10.2. The zero-order chi connectivity index (χ0) is 12.1. The summed E-state index contributed by atoms with van der Waals surface area (Å²) in [7, 11) is 0. The van der Waals surface area contributed by atoms with Gasteiger partial charge in [0.1, 0.15) is 0 Å². The predicted molar refractivity (Wildman–Crippen MR) is 74.1 cm³/mol. The minimum absolute atomic E-state index is 0.698. The number of hydrogen-bond acceptors (Lipinski definition) is 2. The number of benzene rings is 2. The Morgan fingerprint density at radius 3 is 2.41 bits per heavy atom. The Hall–Kier alpha value is -1.38. The fourth-order valence-electron chi connectivity index (χ4n) is 2.35. The molecule has 4 N–H and O–H groups in total. The first-order valence-corrected chi connectivity index (χ1v) is 6.26. The van der Waals surface area contributed by atoms with Crippen LogP contribution in [0.5, 0.6) is 0 Å². The van der Waals surface area contributed by atoms with Crippen molar-refractivity contribution in [1.82, 2.24) is 0 Å². The Kier molecular flexibility index (Phi) is 4.13. The van der Waals surface area contributed by atoms with Gasteiger partial charge in [0.2, 0.25) is 0 Å². The third-order valence-corrected chi connectivity index (χ3v) is 3.18. The van der Waals surface area contributed by atoms with E-state index < -0.39 is 0 Å². The molecule has 0 atom stereocenters. The first-order chi connectivity index (χ1) is 8.36. The van der Waals surface area contributed by atoms with Crippen LogP contribution in [0, 0.1) is 0 Å². The van der Waals surface area contributed by atoms with Crippen LogP contribution in [0.2, 0.25) is 0 Å². The summed E-state index contributed by atoms with van der Waals surface area (Å²) in [6, 6.07) is 12.9. The highest BCUT2D eigenvalue weighted by Gasteiger charge is 2.06. The molecule has 0 bridgehead atoms. The van der Waals surface area contributed by atoms with E-state index in [4.69, 9.17) is 11.5 Å². The van der Waals surface area contributed by atoms with Gasteiger partial charge in [-0.3, -0.25) is 0 Å². The Balaban J connectivity index is 2.47. The maximum Gasteiger partial charge on any atom is -0.00364 e. The van der Waals surface area contributed by atoms with Crippen LogP contribution in [0.15, 0.2) is 36.4 Å². The van der Waals surface area contributed by atoms with Crippen molar-refractivity contribution in [1.29, 1.82) is 0 Å². The molecule has 0 unspecified atom stereocenters. The Morgan fingerprint density at radius 1 is 0.824 bits per heavy atom. The molecule has 0 aliphatic rings. The summed E-state index contributed by atoms with van der Waals surface area (Å²) in [5, 5.41) is 2.64. The van der Waals surface area contributed by atoms with Crippen LogP contribution < -0.4 is 11.5 Å². The molecule has 90 valence electrons. The highest BCUT2D eigenvalue weighted by Crippen LogP contribution is 2.23. The molecule has 0 radical (unpaired) electrons. The average Bonchev–Trinajstić information content (AvgIpc) is 2.38. The molecular formula is C15H20N2. The van der Waals surface area contributed by atoms with Crippen LogP contribution in [-0.2, 0) is 12.8 Å². The summed E-state index contributed by atoms with van der Waals surface area (Å²) in [4.78, 5) is 0. The summed E-state index contributed by atoms with van der Waals surface area (Å²) in [6.07, 6.45) is 3.04. The lowest BCUT2D eigenvalue weighted by Gasteiger charge is -2.12. The van der Waals surface area contributed by atoms with Crippen LogP contribution in [0.1, 0.15) is 17.5 Å². The Labute approximate surface area is 103 Å². The SMILES string of the molecule is NCCCc1ccc2ccccc2c1CCN. The molecule has 0 spiro atoms. The summed E-state index contributed by atoms with van der Waals surface area (Å²) < 4.78 is 0. The third-order valence-electron chi connectivity index (χ3n) is 3.18. The molecule has 2 nitrogen and oxygen atoms in total. The predicted octanol–water partition coefficient (Wildman–Crippen LogP) is 2.23.